The summed E-state index contributed by atoms with van der Waals surface area (Å²) in [5.41, 5.74) is -1.75. The fraction of sp³-hybridized carbons (Fsp3) is 0.929. The third-order valence-corrected chi connectivity index (χ3v) is 4.13. The average molecular weight is 318 g/mol. The lowest BCUT2D eigenvalue weighted by Gasteiger charge is -2.34. The molecule has 2 N–H and O–H groups in total. The Kier molecular flexibility index (Phi) is 3.56. The van der Waals surface area contributed by atoms with Crippen LogP contribution < -0.4 is 0 Å². The first-order valence-corrected chi connectivity index (χ1v) is 7.29. The summed E-state index contributed by atoms with van der Waals surface area (Å²) in [5.74, 6) is -2.90. The Morgan fingerprint density at radius 2 is 1.77 bits per heavy atom. The van der Waals surface area contributed by atoms with Crippen LogP contribution >= 0.6 is 0 Å². The van der Waals surface area contributed by atoms with Crippen LogP contribution in [-0.4, -0.2) is 64.6 Å². The molecule has 0 saturated carbocycles. The molecule has 8 heteroatoms. The zero-order chi connectivity index (χ0) is 16.3. The van der Waals surface area contributed by atoms with E-state index in [0.29, 0.717) is 0 Å². The maximum absolute atomic E-state index is 11.2. The molecule has 3 aliphatic heterocycles. The van der Waals surface area contributed by atoms with E-state index in [1.165, 1.54) is 0 Å². The van der Waals surface area contributed by atoms with Crippen molar-refractivity contribution in [3.8, 4) is 0 Å². The molecule has 8 nitrogen and oxygen atoms in total. The maximum atomic E-state index is 11.2. The normalized spacial score (nSPS) is 45.9. The van der Waals surface area contributed by atoms with Gasteiger partial charge in [0.2, 0.25) is 0 Å². The SMILES string of the molecule is CC1(C)OC[C@H]([C@H]2O[C@@H]3OC(C)(C)O[C@@H]3[C@@]2(O)CC(=O)O)O1. The molecule has 22 heavy (non-hydrogen) atoms. The van der Waals surface area contributed by atoms with Crippen LogP contribution in [0.3, 0.4) is 0 Å². The van der Waals surface area contributed by atoms with Gasteiger partial charge in [0.05, 0.1) is 13.0 Å². The number of carboxylic acids is 1. The Balaban J connectivity index is 1.86. The van der Waals surface area contributed by atoms with E-state index >= 15 is 0 Å². The Bertz CT molecular complexity index is 475. The lowest BCUT2D eigenvalue weighted by atomic mass is 9.86. The lowest BCUT2D eigenvalue weighted by Crippen LogP contribution is -2.55. The van der Waals surface area contributed by atoms with E-state index < -0.39 is 54.2 Å². The second-order valence-electron chi connectivity index (χ2n) is 6.91. The number of hydrogen-bond donors (Lipinski definition) is 2. The van der Waals surface area contributed by atoms with E-state index in [0.717, 1.165) is 0 Å². The van der Waals surface area contributed by atoms with E-state index in [1.54, 1.807) is 27.7 Å². The van der Waals surface area contributed by atoms with Crippen LogP contribution in [0.5, 0.6) is 0 Å². The van der Waals surface area contributed by atoms with Crippen LogP contribution in [0.1, 0.15) is 34.1 Å². The molecular weight excluding hydrogens is 296 g/mol. The van der Waals surface area contributed by atoms with Gasteiger partial charge in [-0.15, -0.1) is 0 Å². The molecule has 126 valence electrons. The first kappa shape index (κ1) is 16.1. The zero-order valence-electron chi connectivity index (χ0n) is 13.1. The monoisotopic (exact) mass is 318 g/mol. The average Bonchev–Trinajstić information content (AvgIpc) is 2.91. The summed E-state index contributed by atoms with van der Waals surface area (Å²) in [6, 6.07) is 0. The Morgan fingerprint density at radius 3 is 2.32 bits per heavy atom. The molecule has 0 amide bonds. The quantitative estimate of drug-likeness (QED) is 0.761. The van der Waals surface area contributed by atoms with E-state index in [1.807, 2.05) is 0 Å². The maximum Gasteiger partial charge on any atom is 0.306 e. The van der Waals surface area contributed by atoms with E-state index in [-0.39, 0.29) is 6.61 Å². The van der Waals surface area contributed by atoms with Crippen molar-refractivity contribution < 1.29 is 38.7 Å². The second kappa shape index (κ2) is 4.86. The van der Waals surface area contributed by atoms with Crippen molar-refractivity contribution in [2.75, 3.05) is 6.61 Å². The Labute approximate surface area is 128 Å². The van der Waals surface area contributed by atoms with Gasteiger partial charge in [-0.3, -0.25) is 4.79 Å². The number of rotatable bonds is 3. The van der Waals surface area contributed by atoms with Gasteiger partial charge >= 0.3 is 5.97 Å². The van der Waals surface area contributed by atoms with Gasteiger partial charge in [0.15, 0.2) is 17.9 Å². The summed E-state index contributed by atoms with van der Waals surface area (Å²) in [6.45, 7) is 7.05. The number of aliphatic carboxylic acids is 1. The fourth-order valence-corrected chi connectivity index (χ4v) is 3.31. The van der Waals surface area contributed by atoms with Crippen LogP contribution in [-0.2, 0) is 28.5 Å². The van der Waals surface area contributed by atoms with E-state index in [9.17, 15) is 9.90 Å². The summed E-state index contributed by atoms with van der Waals surface area (Å²) < 4.78 is 28.2. The first-order valence-electron chi connectivity index (χ1n) is 7.29. The molecule has 0 aromatic heterocycles. The standard InChI is InChI=1S/C14H22O8/c1-12(2)18-6-7(20-12)9-14(17,5-8(15)16)10-11(19-9)22-13(3,4)21-10/h7,9-11,17H,5-6H2,1-4H3,(H,15,16)/t7-,9-,10+,11-,14-/m1/s1. The van der Waals surface area contributed by atoms with Gasteiger partial charge in [0.25, 0.3) is 0 Å². The number of fused-ring (bicyclic) bond motifs is 1. The van der Waals surface area contributed by atoms with Crippen molar-refractivity contribution in [1.82, 2.24) is 0 Å². The number of aliphatic hydroxyl groups is 1. The van der Waals surface area contributed by atoms with Crippen molar-refractivity contribution in [2.24, 2.45) is 0 Å². The van der Waals surface area contributed by atoms with Gasteiger partial charge in [-0.2, -0.15) is 0 Å². The fourth-order valence-electron chi connectivity index (χ4n) is 3.31. The smallest absolute Gasteiger partial charge is 0.306 e. The molecular formula is C14H22O8. The lowest BCUT2D eigenvalue weighted by molar-refractivity contribution is -0.249. The van der Waals surface area contributed by atoms with Crippen molar-refractivity contribution >= 4 is 5.97 Å². The minimum Gasteiger partial charge on any atom is -0.481 e. The van der Waals surface area contributed by atoms with Gasteiger partial charge < -0.3 is 33.9 Å². The topological polar surface area (TPSA) is 104 Å². The second-order valence-corrected chi connectivity index (χ2v) is 6.91. The van der Waals surface area contributed by atoms with Crippen LogP contribution in [0.2, 0.25) is 0 Å². The summed E-state index contributed by atoms with van der Waals surface area (Å²) >= 11 is 0. The largest absolute Gasteiger partial charge is 0.481 e. The van der Waals surface area contributed by atoms with Crippen molar-refractivity contribution in [2.45, 2.75) is 75.9 Å². The Morgan fingerprint density at radius 1 is 1.09 bits per heavy atom. The van der Waals surface area contributed by atoms with Crippen LogP contribution in [0.25, 0.3) is 0 Å². The Hall–Kier alpha value is -0.770. The highest BCUT2D eigenvalue weighted by Gasteiger charge is 2.66. The number of ether oxygens (including phenoxy) is 5. The predicted molar refractivity (Wildman–Crippen MR) is 70.8 cm³/mol. The molecule has 5 atom stereocenters. The van der Waals surface area contributed by atoms with Gasteiger partial charge in [-0.05, 0) is 27.7 Å². The third-order valence-electron chi connectivity index (χ3n) is 4.13. The van der Waals surface area contributed by atoms with Gasteiger partial charge in [0, 0.05) is 0 Å². The molecule has 0 aromatic carbocycles. The molecule has 3 saturated heterocycles. The molecule has 0 aliphatic carbocycles. The molecule has 0 spiro atoms. The van der Waals surface area contributed by atoms with Crippen LogP contribution in [0, 0.1) is 0 Å². The van der Waals surface area contributed by atoms with Gasteiger partial charge in [-0.1, -0.05) is 0 Å². The van der Waals surface area contributed by atoms with Crippen molar-refractivity contribution in [3.63, 3.8) is 0 Å². The highest BCUT2D eigenvalue weighted by atomic mass is 16.8. The van der Waals surface area contributed by atoms with Gasteiger partial charge in [-0.25, -0.2) is 0 Å². The van der Waals surface area contributed by atoms with Crippen molar-refractivity contribution in [3.05, 3.63) is 0 Å². The highest BCUT2D eigenvalue weighted by molar-refractivity contribution is 5.68. The number of carboxylic acid groups (broad SMARTS) is 1. The molecule has 0 aromatic rings. The minimum atomic E-state index is -1.75. The number of hydrogen-bond acceptors (Lipinski definition) is 7. The number of carbonyl (C=O) groups is 1. The first-order chi connectivity index (χ1) is 10.0. The van der Waals surface area contributed by atoms with Crippen molar-refractivity contribution in [1.29, 1.82) is 0 Å². The molecule has 0 unspecified atom stereocenters. The molecule has 0 radical (unpaired) electrons. The molecule has 3 heterocycles. The summed E-state index contributed by atoms with van der Waals surface area (Å²) in [7, 11) is 0. The zero-order valence-corrected chi connectivity index (χ0v) is 13.1. The van der Waals surface area contributed by atoms with Crippen LogP contribution in [0.4, 0.5) is 0 Å². The highest BCUT2D eigenvalue weighted by Crippen LogP contribution is 2.47. The summed E-state index contributed by atoms with van der Waals surface area (Å²) in [5, 5.41) is 20.2. The van der Waals surface area contributed by atoms with E-state index in [2.05, 4.69) is 0 Å². The summed E-state index contributed by atoms with van der Waals surface area (Å²) in [4.78, 5) is 11.2. The molecule has 3 aliphatic rings. The van der Waals surface area contributed by atoms with Crippen LogP contribution in [0.15, 0.2) is 0 Å². The third kappa shape index (κ3) is 2.64. The minimum absolute atomic E-state index is 0.197. The van der Waals surface area contributed by atoms with Gasteiger partial charge in [0.1, 0.15) is 23.9 Å². The predicted octanol–water partition coefficient (Wildman–Crippen LogP) is 0.220. The summed E-state index contributed by atoms with van der Waals surface area (Å²) in [6.07, 6.45) is -3.76. The molecule has 0 bridgehead atoms. The molecule has 3 fully saturated rings. The molecule has 3 rings (SSSR count). The van der Waals surface area contributed by atoms with E-state index in [4.69, 9.17) is 28.8 Å².